The number of nitrogens with two attached hydrogens (primary N) is 1. The fourth-order valence-electron chi connectivity index (χ4n) is 1.68. The van der Waals surface area contributed by atoms with Gasteiger partial charge in [-0.1, -0.05) is 18.3 Å². The molecule has 0 aliphatic carbocycles. The molecule has 0 unspecified atom stereocenters. The number of anilines is 1. The number of nitrogens with zero attached hydrogens (tertiary/aromatic N) is 2. The summed E-state index contributed by atoms with van der Waals surface area (Å²) in [4.78, 5) is 6.85. The predicted octanol–water partition coefficient (Wildman–Crippen LogP) is 2.34. The third-order valence-electron chi connectivity index (χ3n) is 2.62. The van der Waals surface area contributed by atoms with E-state index in [1.165, 1.54) is 0 Å². The van der Waals surface area contributed by atoms with E-state index >= 15 is 0 Å². The van der Waals surface area contributed by atoms with Crippen molar-refractivity contribution in [2.24, 2.45) is 5.73 Å². The smallest absolute Gasteiger partial charge is 0.129 e. The average molecular weight is 261 g/mol. The van der Waals surface area contributed by atoms with Gasteiger partial charge in [0.15, 0.2) is 0 Å². The zero-order chi connectivity index (χ0) is 13.0. The summed E-state index contributed by atoms with van der Waals surface area (Å²) in [5.74, 6) is 1.75. The minimum Gasteiger partial charge on any atom is -0.467 e. The second-order valence-electron chi connectivity index (χ2n) is 3.84. The average Bonchev–Trinajstić information content (AvgIpc) is 2.89. The summed E-state index contributed by atoms with van der Waals surface area (Å²) in [5.41, 5.74) is 6.23. The van der Waals surface area contributed by atoms with Gasteiger partial charge >= 0.3 is 0 Å². The molecule has 0 aromatic carbocycles. The van der Waals surface area contributed by atoms with Gasteiger partial charge in [-0.05, 0) is 31.2 Å². The van der Waals surface area contributed by atoms with Crippen molar-refractivity contribution in [3.63, 3.8) is 0 Å². The van der Waals surface area contributed by atoms with E-state index in [1.807, 2.05) is 30.3 Å². The monoisotopic (exact) mass is 261 g/mol. The van der Waals surface area contributed by atoms with Crippen molar-refractivity contribution in [2.45, 2.75) is 13.5 Å². The van der Waals surface area contributed by atoms with Gasteiger partial charge in [-0.25, -0.2) is 4.98 Å². The molecule has 2 aromatic rings. The van der Waals surface area contributed by atoms with E-state index in [-0.39, 0.29) is 0 Å². The van der Waals surface area contributed by atoms with E-state index in [4.69, 9.17) is 22.4 Å². The SMILES string of the molecule is CCN(Cc1ccco1)c1cccc(C(N)=S)n1. The Hall–Kier alpha value is -1.88. The summed E-state index contributed by atoms with van der Waals surface area (Å²) >= 11 is 4.94. The highest BCUT2D eigenvalue weighted by Gasteiger charge is 2.09. The van der Waals surface area contributed by atoms with Crippen LogP contribution in [0.5, 0.6) is 0 Å². The second-order valence-corrected chi connectivity index (χ2v) is 4.28. The van der Waals surface area contributed by atoms with Gasteiger partial charge < -0.3 is 15.1 Å². The number of aromatic nitrogens is 1. The van der Waals surface area contributed by atoms with Crippen molar-refractivity contribution in [1.82, 2.24) is 4.98 Å². The number of hydrogen-bond donors (Lipinski definition) is 1. The lowest BCUT2D eigenvalue weighted by Crippen LogP contribution is -2.24. The molecule has 94 valence electrons. The van der Waals surface area contributed by atoms with Crippen LogP contribution in [0.15, 0.2) is 41.0 Å². The van der Waals surface area contributed by atoms with Crippen molar-refractivity contribution in [1.29, 1.82) is 0 Å². The fraction of sp³-hybridized carbons (Fsp3) is 0.231. The molecule has 18 heavy (non-hydrogen) atoms. The Morgan fingerprint density at radius 3 is 2.83 bits per heavy atom. The highest BCUT2D eigenvalue weighted by molar-refractivity contribution is 7.80. The molecular weight excluding hydrogens is 246 g/mol. The number of hydrogen-bond acceptors (Lipinski definition) is 4. The van der Waals surface area contributed by atoms with Gasteiger partial charge in [0.1, 0.15) is 16.6 Å². The maximum absolute atomic E-state index is 5.59. The zero-order valence-corrected chi connectivity index (χ0v) is 11.0. The van der Waals surface area contributed by atoms with E-state index in [2.05, 4.69) is 16.8 Å². The van der Waals surface area contributed by atoms with Crippen LogP contribution in [0, 0.1) is 0 Å². The number of thiocarbonyl (C=S) groups is 1. The molecular formula is C13H15N3OS. The minimum absolute atomic E-state index is 0.311. The number of pyridine rings is 1. The van der Waals surface area contributed by atoms with Gasteiger partial charge in [0.05, 0.1) is 18.5 Å². The Labute approximate surface area is 111 Å². The molecule has 2 rings (SSSR count). The Morgan fingerprint density at radius 2 is 2.22 bits per heavy atom. The molecule has 4 nitrogen and oxygen atoms in total. The van der Waals surface area contributed by atoms with Gasteiger partial charge in [-0.2, -0.15) is 0 Å². The minimum atomic E-state index is 0.311. The summed E-state index contributed by atoms with van der Waals surface area (Å²) in [5, 5.41) is 0. The molecule has 0 atom stereocenters. The van der Waals surface area contributed by atoms with Crippen molar-refractivity contribution < 1.29 is 4.42 Å². The largest absolute Gasteiger partial charge is 0.467 e. The van der Waals surface area contributed by atoms with E-state index in [1.54, 1.807) is 6.26 Å². The topological polar surface area (TPSA) is 55.3 Å². The summed E-state index contributed by atoms with van der Waals surface area (Å²) < 4.78 is 5.35. The van der Waals surface area contributed by atoms with Crippen LogP contribution >= 0.6 is 12.2 Å². The van der Waals surface area contributed by atoms with Crippen molar-refractivity contribution in [3.05, 3.63) is 48.0 Å². The maximum Gasteiger partial charge on any atom is 0.129 e. The third-order valence-corrected chi connectivity index (χ3v) is 2.83. The van der Waals surface area contributed by atoms with Gasteiger partial charge in [0.2, 0.25) is 0 Å². The molecule has 0 aliphatic heterocycles. The predicted molar refractivity (Wildman–Crippen MR) is 75.6 cm³/mol. The molecule has 5 heteroatoms. The molecule has 0 fully saturated rings. The molecule has 0 saturated carbocycles. The van der Waals surface area contributed by atoms with Crippen LogP contribution in [0.3, 0.4) is 0 Å². The fourth-order valence-corrected chi connectivity index (χ4v) is 1.80. The summed E-state index contributed by atoms with van der Waals surface area (Å²) in [7, 11) is 0. The first-order chi connectivity index (χ1) is 8.70. The van der Waals surface area contributed by atoms with Gasteiger partial charge in [-0.3, -0.25) is 0 Å². The molecule has 0 bridgehead atoms. The normalized spacial score (nSPS) is 10.3. The second kappa shape index (κ2) is 5.64. The standard InChI is InChI=1S/C13H15N3OS/c1-2-16(9-10-5-4-8-17-10)12-7-3-6-11(15-12)13(14)18/h3-8H,2,9H2,1H3,(H2,14,18). The maximum atomic E-state index is 5.59. The Balaban J connectivity index is 2.21. The van der Waals surface area contributed by atoms with Gasteiger partial charge in [-0.15, -0.1) is 0 Å². The Kier molecular flexibility index (Phi) is 3.94. The lowest BCUT2D eigenvalue weighted by Gasteiger charge is -2.21. The molecule has 0 amide bonds. The van der Waals surface area contributed by atoms with Crippen LogP contribution < -0.4 is 10.6 Å². The number of rotatable bonds is 5. The molecule has 0 aliphatic rings. The zero-order valence-electron chi connectivity index (χ0n) is 10.2. The molecule has 2 aromatic heterocycles. The summed E-state index contributed by atoms with van der Waals surface area (Å²) in [6.45, 7) is 3.57. The lowest BCUT2D eigenvalue weighted by molar-refractivity contribution is 0.503. The third kappa shape index (κ3) is 2.87. The Morgan fingerprint density at radius 1 is 1.39 bits per heavy atom. The highest BCUT2D eigenvalue weighted by atomic mass is 32.1. The van der Waals surface area contributed by atoms with Gasteiger partial charge in [0.25, 0.3) is 0 Å². The van der Waals surface area contributed by atoms with Crippen LogP contribution in [0.2, 0.25) is 0 Å². The molecule has 2 heterocycles. The molecule has 0 spiro atoms. The number of furan rings is 1. The molecule has 0 saturated heterocycles. The van der Waals surface area contributed by atoms with E-state index in [9.17, 15) is 0 Å². The summed E-state index contributed by atoms with van der Waals surface area (Å²) in [6, 6.07) is 9.48. The first-order valence-corrected chi connectivity index (χ1v) is 6.15. The van der Waals surface area contributed by atoms with Crippen LogP contribution in [0.25, 0.3) is 0 Å². The van der Waals surface area contributed by atoms with Crippen LogP contribution in [0.4, 0.5) is 5.82 Å². The van der Waals surface area contributed by atoms with Crippen LogP contribution in [-0.4, -0.2) is 16.5 Å². The summed E-state index contributed by atoms with van der Waals surface area (Å²) in [6.07, 6.45) is 1.67. The van der Waals surface area contributed by atoms with Gasteiger partial charge in [0, 0.05) is 6.54 Å². The molecule has 0 radical (unpaired) electrons. The van der Waals surface area contributed by atoms with Crippen LogP contribution in [0.1, 0.15) is 18.4 Å². The van der Waals surface area contributed by atoms with Crippen molar-refractivity contribution in [2.75, 3.05) is 11.4 Å². The van der Waals surface area contributed by atoms with Crippen molar-refractivity contribution in [3.8, 4) is 0 Å². The lowest BCUT2D eigenvalue weighted by atomic mass is 10.3. The highest BCUT2D eigenvalue weighted by Crippen LogP contribution is 2.15. The van der Waals surface area contributed by atoms with Crippen molar-refractivity contribution >= 4 is 23.0 Å². The van der Waals surface area contributed by atoms with E-state index in [0.717, 1.165) is 18.1 Å². The van der Waals surface area contributed by atoms with E-state index < -0.39 is 0 Å². The quantitative estimate of drug-likeness (QED) is 0.837. The molecule has 2 N–H and O–H groups in total. The Bertz CT molecular complexity index is 525. The first-order valence-electron chi connectivity index (χ1n) is 5.75. The first kappa shape index (κ1) is 12.6. The van der Waals surface area contributed by atoms with E-state index in [0.29, 0.717) is 17.2 Å². The van der Waals surface area contributed by atoms with Crippen LogP contribution in [-0.2, 0) is 6.54 Å².